The van der Waals surface area contributed by atoms with Crippen molar-refractivity contribution in [2.75, 3.05) is 19.8 Å². The molecule has 1 aromatic carbocycles. The molecule has 0 amide bonds. The Kier molecular flexibility index (Phi) is 7.85. The van der Waals surface area contributed by atoms with Crippen molar-refractivity contribution in [3.8, 4) is 11.5 Å². The van der Waals surface area contributed by atoms with Crippen LogP contribution in [0.15, 0.2) is 17.2 Å². The van der Waals surface area contributed by atoms with Crippen molar-refractivity contribution in [2.45, 2.75) is 20.8 Å². The first-order valence-electron chi connectivity index (χ1n) is 6.78. The van der Waals surface area contributed by atoms with Crippen molar-refractivity contribution in [3.63, 3.8) is 0 Å². The Bertz CT molecular complexity index is 509. The van der Waals surface area contributed by atoms with Crippen LogP contribution < -0.4 is 20.2 Å². The van der Waals surface area contributed by atoms with Gasteiger partial charge in [-0.05, 0) is 50.7 Å². The van der Waals surface area contributed by atoms with Crippen LogP contribution >= 0.6 is 23.8 Å². The summed E-state index contributed by atoms with van der Waals surface area (Å²) in [6, 6.07) is 3.58. The lowest BCUT2D eigenvalue weighted by Gasteiger charge is -2.13. The van der Waals surface area contributed by atoms with Gasteiger partial charge >= 0.3 is 0 Å². The molecule has 0 saturated carbocycles. The van der Waals surface area contributed by atoms with E-state index in [4.69, 9.17) is 33.3 Å². The molecule has 0 bridgehead atoms. The fourth-order valence-corrected chi connectivity index (χ4v) is 2.05. The molecule has 0 aliphatic rings. The van der Waals surface area contributed by atoms with Gasteiger partial charge in [-0.25, -0.2) is 0 Å². The summed E-state index contributed by atoms with van der Waals surface area (Å²) < 4.78 is 11.0. The van der Waals surface area contributed by atoms with Crippen LogP contribution in [0.25, 0.3) is 0 Å². The molecule has 2 N–H and O–H groups in total. The summed E-state index contributed by atoms with van der Waals surface area (Å²) in [5, 5.41) is 7.93. The zero-order valence-electron chi connectivity index (χ0n) is 12.4. The van der Waals surface area contributed by atoms with Gasteiger partial charge in [0.1, 0.15) is 0 Å². The molecule has 0 saturated heterocycles. The van der Waals surface area contributed by atoms with Crippen LogP contribution in [0.1, 0.15) is 26.3 Å². The van der Waals surface area contributed by atoms with E-state index >= 15 is 0 Å². The van der Waals surface area contributed by atoms with Crippen molar-refractivity contribution >= 4 is 35.1 Å². The van der Waals surface area contributed by atoms with Gasteiger partial charge in [0.15, 0.2) is 16.6 Å². The minimum Gasteiger partial charge on any atom is -0.490 e. The number of hydrogen-bond donors (Lipinski definition) is 2. The van der Waals surface area contributed by atoms with Gasteiger partial charge in [-0.1, -0.05) is 11.6 Å². The number of nitrogens with one attached hydrogen (secondary N) is 2. The predicted molar refractivity (Wildman–Crippen MR) is 90.8 cm³/mol. The van der Waals surface area contributed by atoms with Gasteiger partial charge in [0.25, 0.3) is 0 Å². The van der Waals surface area contributed by atoms with Gasteiger partial charge in [-0.15, -0.1) is 0 Å². The normalized spacial score (nSPS) is 10.5. The van der Waals surface area contributed by atoms with Gasteiger partial charge in [0.05, 0.1) is 24.5 Å². The maximum absolute atomic E-state index is 6.22. The summed E-state index contributed by atoms with van der Waals surface area (Å²) in [4.78, 5) is 0. The second kappa shape index (κ2) is 9.41. The van der Waals surface area contributed by atoms with Crippen molar-refractivity contribution < 1.29 is 9.47 Å². The van der Waals surface area contributed by atoms with E-state index in [1.807, 2.05) is 26.8 Å². The molecule has 0 heterocycles. The quantitative estimate of drug-likeness (QED) is 0.457. The second-order valence-corrected chi connectivity index (χ2v) is 4.74. The van der Waals surface area contributed by atoms with E-state index in [1.165, 1.54) is 0 Å². The molecule has 0 radical (unpaired) electrons. The van der Waals surface area contributed by atoms with E-state index < -0.39 is 0 Å². The summed E-state index contributed by atoms with van der Waals surface area (Å²) in [5.41, 5.74) is 3.51. The van der Waals surface area contributed by atoms with E-state index in [2.05, 4.69) is 15.8 Å². The summed E-state index contributed by atoms with van der Waals surface area (Å²) in [6.45, 7) is 7.54. The molecule has 0 aliphatic heterocycles. The molecule has 1 aromatic rings. The predicted octanol–water partition coefficient (Wildman–Crippen LogP) is 2.96. The topological polar surface area (TPSA) is 54.9 Å². The fraction of sp³-hybridized carbons (Fsp3) is 0.429. The summed E-state index contributed by atoms with van der Waals surface area (Å²) in [7, 11) is 0. The third-order valence-electron chi connectivity index (χ3n) is 2.34. The van der Waals surface area contributed by atoms with E-state index in [0.717, 1.165) is 12.1 Å². The average Bonchev–Trinajstić information content (AvgIpc) is 2.43. The maximum Gasteiger partial charge on any atom is 0.186 e. The molecule has 0 aromatic heterocycles. The molecule has 0 atom stereocenters. The van der Waals surface area contributed by atoms with Crippen LogP contribution in [0.5, 0.6) is 11.5 Å². The van der Waals surface area contributed by atoms with Gasteiger partial charge in [-0.2, -0.15) is 5.10 Å². The Morgan fingerprint density at radius 3 is 2.62 bits per heavy atom. The van der Waals surface area contributed by atoms with Crippen molar-refractivity contribution in [1.29, 1.82) is 0 Å². The van der Waals surface area contributed by atoms with E-state index in [1.54, 1.807) is 12.3 Å². The molecule has 7 heteroatoms. The number of nitrogens with zero attached hydrogens (tertiary/aromatic N) is 1. The van der Waals surface area contributed by atoms with Crippen LogP contribution in [0.4, 0.5) is 0 Å². The van der Waals surface area contributed by atoms with Crippen LogP contribution in [0, 0.1) is 0 Å². The zero-order chi connectivity index (χ0) is 15.7. The maximum atomic E-state index is 6.22. The van der Waals surface area contributed by atoms with Gasteiger partial charge in [0, 0.05) is 6.54 Å². The highest BCUT2D eigenvalue weighted by Crippen LogP contribution is 2.36. The van der Waals surface area contributed by atoms with Crippen molar-refractivity contribution in [2.24, 2.45) is 5.10 Å². The minimum absolute atomic E-state index is 0.468. The highest BCUT2D eigenvalue weighted by atomic mass is 35.5. The van der Waals surface area contributed by atoms with Crippen molar-refractivity contribution in [3.05, 3.63) is 22.7 Å². The molecule has 1 rings (SSSR count). The first-order chi connectivity index (χ1) is 10.1. The fourth-order valence-electron chi connectivity index (χ4n) is 1.58. The summed E-state index contributed by atoms with van der Waals surface area (Å²) in [5.74, 6) is 1.15. The van der Waals surface area contributed by atoms with Crippen LogP contribution in [0.2, 0.25) is 5.02 Å². The minimum atomic E-state index is 0.468. The molecular formula is C14H20ClN3O2S. The molecule has 0 aliphatic carbocycles. The standard InChI is InChI=1S/C14H20ClN3O2S/c1-4-16-14(21)18-17-9-10-7-11(15)13(20-6-3)12(8-10)19-5-2/h7-9H,4-6H2,1-3H3,(H2,16,18,21)/b17-9-. The van der Waals surface area contributed by atoms with Gasteiger partial charge in [-0.3, -0.25) is 5.43 Å². The number of rotatable bonds is 7. The van der Waals surface area contributed by atoms with E-state index in [9.17, 15) is 0 Å². The summed E-state index contributed by atoms with van der Waals surface area (Å²) >= 11 is 11.2. The van der Waals surface area contributed by atoms with Crippen molar-refractivity contribution in [1.82, 2.24) is 10.7 Å². The van der Waals surface area contributed by atoms with Gasteiger partial charge in [0.2, 0.25) is 0 Å². The lowest BCUT2D eigenvalue weighted by molar-refractivity contribution is 0.288. The zero-order valence-corrected chi connectivity index (χ0v) is 14.0. The Morgan fingerprint density at radius 2 is 2.00 bits per heavy atom. The first-order valence-corrected chi connectivity index (χ1v) is 7.56. The first kappa shape index (κ1) is 17.5. The number of thiocarbonyl (C=S) groups is 1. The Morgan fingerprint density at radius 1 is 1.29 bits per heavy atom. The van der Waals surface area contributed by atoms with E-state index in [0.29, 0.717) is 34.8 Å². The Labute approximate surface area is 135 Å². The van der Waals surface area contributed by atoms with Crippen LogP contribution in [-0.2, 0) is 0 Å². The largest absolute Gasteiger partial charge is 0.490 e. The second-order valence-electron chi connectivity index (χ2n) is 3.93. The lowest BCUT2D eigenvalue weighted by atomic mass is 10.2. The van der Waals surface area contributed by atoms with E-state index in [-0.39, 0.29) is 0 Å². The van der Waals surface area contributed by atoms with Crippen LogP contribution in [-0.4, -0.2) is 31.1 Å². The molecule has 0 fully saturated rings. The number of hydrazone groups is 1. The number of ether oxygens (including phenoxy) is 2. The Balaban J connectivity index is 2.88. The number of hydrogen-bond acceptors (Lipinski definition) is 4. The van der Waals surface area contributed by atoms with Gasteiger partial charge < -0.3 is 14.8 Å². The molecule has 0 unspecified atom stereocenters. The molecule has 116 valence electrons. The van der Waals surface area contributed by atoms with Crippen LogP contribution in [0.3, 0.4) is 0 Å². The smallest absolute Gasteiger partial charge is 0.186 e. The monoisotopic (exact) mass is 329 g/mol. The average molecular weight is 330 g/mol. The number of halogens is 1. The third kappa shape index (κ3) is 5.77. The molecule has 0 spiro atoms. The highest BCUT2D eigenvalue weighted by molar-refractivity contribution is 7.80. The number of benzene rings is 1. The molecule has 5 nitrogen and oxygen atoms in total. The lowest BCUT2D eigenvalue weighted by Crippen LogP contribution is -2.31. The summed E-state index contributed by atoms with van der Waals surface area (Å²) in [6.07, 6.45) is 1.62. The third-order valence-corrected chi connectivity index (χ3v) is 2.85. The Hall–Kier alpha value is -1.53. The molecule has 21 heavy (non-hydrogen) atoms. The highest BCUT2D eigenvalue weighted by Gasteiger charge is 2.11. The SMILES string of the molecule is CCNC(=S)N/N=C\c1cc(Cl)c(OCC)c(OCC)c1. The molecular weight excluding hydrogens is 310 g/mol.